The number of carbonyl (C=O) groups excluding carboxylic acids is 2. The molecule has 0 spiro atoms. The molecule has 2 aromatic rings. The third-order valence-corrected chi connectivity index (χ3v) is 3.96. The molecule has 146 valence electrons. The van der Waals surface area contributed by atoms with Crippen molar-refractivity contribution in [1.82, 2.24) is 9.88 Å². The predicted molar refractivity (Wildman–Crippen MR) is 105 cm³/mol. The van der Waals surface area contributed by atoms with Gasteiger partial charge in [-0.1, -0.05) is 0 Å². The molecule has 0 amide bonds. The minimum absolute atomic E-state index is 0.278. The lowest BCUT2D eigenvalue weighted by molar-refractivity contribution is 0.0518. The Labute approximate surface area is 159 Å². The molecular weight excluding hydrogens is 346 g/mol. The summed E-state index contributed by atoms with van der Waals surface area (Å²) >= 11 is 0. The fourth-order valence-electron chi connectivity index (χ4n) is 2.70. The molecule has 0 saturated carbocycles. The molecule has 2 rings (SSSR count). The standard InChI is InChI=1S/C20H27N3O4/c1-5-26-19(24)14-8-9-17-15(12-14)18(21-10-7-11-23(3)4)16(13-22-17)20(25)27-6-2/h8-9,12-13H,5-7,10-11H2,1-4H3,(H,21,22). The van der Waals surface area contributed by atoms with Crippen molar-refractivity contribution in [2.24, 2.45) is 0 Å². The van der Waals surface area contributed by atoms with E-state index in [-0.39, 0.29) is 6.61 Å². The first-order valence-corrected chi connectivity index (χ1v) is 9.13. The summed E-state index contributed by atoms with van der Waals surface area (Å²) < 4.78 is 10.2. The van der Waals surface area contributed by atoms with Crippen molar-refractivity contribution < 1.29 is 19.1 Å². The number of anilines is 1. The number of aromatic nitrogens is 1. The van der Waals surface area contributed by atoms with E-state index in [1.165, 1.54) is 6.20 Å². The molecule has 27 heavy (non-hydrogen) atoms. The summed E-state index contributed by atoms with van der Waals surface area (Å²) in [4.78, 5) is 30.9. The molecule has 0 fully saturated rings. The number of nitrogens with one attached hydrogen (secondary N) is 1. The number of pyridine rings is 1. The minimum atomic E-state index is -0.441. The van der Waals surface area contributed by atoms with Crippen molar-refractivity contribution in [2.45, 2.75) is 20.3 Å². The molecule has 1 aromatic heterocycles. The van der Waals surface area contributed by atoms with Crippen LogP contribution in [0.2, 0.25) is 0 Å². The van der Waals surface area contributed by atoms with Crippen molar-refractivity contribution in [1.29, 1.82) is 0 Å². The van der Waals surface area contributed by atoms with Crippen LogP contribution in [-0.4, -0.2) is 62.2 Å². The van der Waals surface area contributed by atoms with Crippen LogP contribution in [0.5, 0.6) is 0 Å². The van der Waals surface area contributed by atoms with Gasteiger partial charge in [0.15, 0.2) is 0 Å². The largest absolute Gasteiger partial charge is 0.462 e. The summed E-state index contributed by atoms with van der Waals surface area (Å²) in [5, 5.41) is 4.02. The van der Waals surface area contributed by atoms with Crippen molar-refractivity contribution in [3.8, 4) is 0 Å². The smallest absolute Gasteiger partial charge is 0.341 e. The highest BCUT2D eigenvalue weighted by Crippen LogP contribution is 2.28. The van der Waals surface area contributed by atoms with Gasteiger partial charge in [0.05, 0.1) is 30.0 Å². The number of rotatable bonds is 9. The molecular formula is C20H27N3O4. The van der Waals surface area contributed by atoms with Gasteiger partial charge >= 0.3 is 11.9 Å². The highest BCUT2D eigenvalue weighted by atomic mass is 16.5. The summed E-state index contributed by atoms with van der Waals surface area (Å²) in [5.41, 5.74) is 2.09. The highest BCUT2D eigenvalue weighted by Gasteiger charge is 2.18. The average molecular weight is 373 g/mol. The van der Waals surface area contributed by atoms with E-state index in [9.17, 15) is 9.59 Å². The maximum absolute atomic E-state index is 12.4. The van der Waals surface area contributed by atoms with Gasteiger partial charge in [0, 0.05) is 18.1 Å². The van der Waals surface area contributed by atoms with Crippen LogP contribution in [0.3, 0.4) is 0 Å². The van der Waals surface area contributed by atoms with Gasteiger partial charge in [-0.15, -0.1) is 0 Å². The maximum atomic E-state index is 12.4. The van der Waals surface area contributed by atoms with Crippen molar-refractivity contribution in [3.05, 3.63) is 35.5 Å². The van der Waals surface area contributed by atoms with E-state index < -0.39 is 11.9 Å². The molecule has 1 N–H and O–H groups in total. The fourth-order valence-corrected chi connectivity index (χ4v) is 2.70. The second-order valence-corrected chi connectivity index (χ2v) is 6.30. The quantitative estimate of drug-likeness (QED) is 0.535. The third-order valence-electron chi connectivity index (χ3n) is 3.96. The van der Waals surface area contributed by atoms with Crippen LogP contribution in [0.4, 0.5) is 5.69 Å². The molecule has 7 heteroatoms. The number of fused-ring (bicyclic) bond motifs is 1. The van der Waals surface area contributed by atoms with Crippen LogP contribution in [0.15, 0.2) is 24.4 Å². The van der Waals surface area contributed by atoms with E-state index in [1.54, 1.807) is 32.0 Å². The number of hydrogen-bond acceptors (Lipinski definition) is 7. The van der Waals surface area contributed by atoms with E-state index in [2.05, 4.69) is 15.2 Å². The monoisotopic (exact) mass is 373 g/mol. The summed E-state index contributed by atoms with van der Waals surface area (Å²) in [6, 6.07) is 5.13. The Hall–Kier alpha value is -2.67. The highest BCUT2D eigenvalue weighted by molar-refractivity contribution is 6.06. The Balaban J connectivity index is 2.44. The molecule has 1 aromatic carbocycles. The molecule has 0 unspecified atom stereocenters. The number of carbonyl (C=O) groups is 2. The Bertz CT molecular complexity index is 800. The number of hydrogen-bond donors (Lipinski definition) is 1. The second-order valence-electron chi connectivity index (χ2n) is 6.30. The molecule has 0 bridgehead atoms. The Morgan fingerprint density at radius 1 is 1.11 bits per heavy atom. The number of benzene rings is 1. The maximum Gasteiger partial charge on any atom is 0.341 e. The minimum Gasteiger partial charge on any atom is -0.462 e. The first kappa shape index (κ1) is 20.6. The second kappa shape index (κ2) is 9.87. The summed E-state index contributed by atoms with van der Waals surface area (Å²) in [6.07, 6.45) is 2.41. The van der Waals surface area contributed by atoms with Gasteiger partial charge < -0.3 is 19.7 Å². The first-order valence-electron chi connectivity index (χ1n) is 9.13. The molecule has 0 saturated heterocycles. The van der Waals surface area contributed by atoms with Crippen molar-refractivity contribution in [2.75, 3.05) is 45.7 Å². The molecule has 1 heterocycles. The molecule has 0 aliphatic heterocycles. The van der Waals surface area contributed by atoms with Gasteiger partial charge in [0.1, 0.15) is 5.56 Å². The van der Waals surface area contributed by atoms with Crippen molar-refractivity contribution >= 4 is 28.5 Å². The van der Waals surface area contributed by atoms with Crippen LogP contribution >= 0.6 is 0 Å². The third kappa shape index (κ3) is 5.40. The van der Waals surface area contributed by atoms with E-state index in [0.29, 0.717) is 40.9 Å². The van der Waals surface area contributed by atoms with E-state index in [0.717, 1.165) is 13.0 Å². The van der Waals surface area contributed by atoms with Gasteiger partial charge in [-0.2, -0.15) is 0 Å². The fraction of sp³-hybridized carbons (Fsp3) is 0.450. The number of esters is 2. The lowest BCUT2D eigenvalue weighted by atomic mass is 10.1. The van der Waals surface area contributed by atoms with Crippen LogP contribution in [0.1, 0.15) is 41.0 Å². The SMILES string of the molecule is CCOC(=O)c1ccc2ncc(C(=O)OCC)c(NCCCN(C)C)c2c1. The molecule has 7 nitrogen and oxygen atoms in total. The normalized spacial score (nSPS) is 10.9. The zero-order valence-corrected chi connectivity index (χ0v) is 16.4. The van der Waals surface area contributed by atoms with Crippen LogP contribution < -0.4 is 5.32 Å². The van der Waals surface area contributed by atoms with Gasteiger partial charge in [-0.05, 0) is 59.1 Å². The zero-order valence-electron chi connectivity index (χ0n) is 16.4. The Morgan fingerprint density at radius 3 is 2.48 bits per heavy atom. The van der Waals surface area contributed by atoms with Gasteiger partial charge in [0.2, 0.25) is 0 Å². The van der Waals surface area contributed by atoms with Gasteiger partial charge in [-0.3, -0.25) is 4.98 Å². The predicted octanol–water partition coefficient (Wildman–Crippen LogP) is 2.95. The van der Waals surface area contributed by atoms with E-state index >= 15 is 0 Å². The zero-order chi connectivity index (χ0) is 19.8. The molecule has 0 aliphatic rings. The molecule has 0 atom stereocenters. The number of ether oxygens (including phenoxy) is 2. The average Bonchev–Trinajstić information content (AvgIpc) is 2.64. The first-order chi connectivity index (χ1) is 13.0. The van der Waals surface area contributed by atoms with E-state index in [1.807, 2.05) is 14.1 Å². The van der Waals surface area contributed by atoms with E-state index in [4.69, 9.17) is 9.47 Å². The summed E-state index contributed by atoms with van der Waals surface area (Å²) in [6.45, 7) is 5.69. The Morgan fingerprint density at radius 2 is 1.81 bits per heavy atom. The molecule has 0 radical (unpaired) electrons. The molecule has 0 aliphatic carbocycles. The van der Waals surface area contributed by atoms with Crippen LogP contribution in [0.25, 0.3) is 10.9 Å². The number of nitrogens with zero attached hydrogens (tertiary/aromatic N) is 2. The lowest BCUT2D eigenvalue weighted by Crippen LogP contribution is -2.18. The van der Waals surface area contributed by atoms with Crippen LogP contribution in [0, 0.1) is 0 Å². The van der Waals surface area contributed by atoms with Crippen LogP contribution in [-0.2, 0) is 9.47 Å². The lowest BCUT2D eigenvalue weighted by Gasteiger charge is -2.16. The van der Waals surface area contributed by atoms with Crippen molar-refractivity contribution in [3.63, 3.8) is 0 Å². The van der Waals surface area contributed by atoms with Gasteiger partial charge in [-0.25, -0.2) is 9.59 Å². The topological polar surface area (TPSA) is 80.8 Å². The van der Waals surface area contributed by atoms with Gasteiger partial charge in [0.25, 0.3) is 0 Å². The Kier molecular flexibility index (Phi) is 7.55. The summed E-state index contributed by atoms with van der Waals surface area (Å²) in [5.74, 6) is -0.844. The summed E-state index contributed by atoms with van der Waals surface area (Å²) in [7, 11) is 4.02.